The smallest absolute Gasteiger partial charge is 0.264 e. The first kappa shape index (κ1) is 17.4. The second-order valence-corrected chi connectivity index (χ2v) is 6.72. The van der Waals surface area contributed by atoms with Gasteiger partial charge in [-0.05, 0) is 30.0 Å². The molecule has 9 heteroatoms. The molecule has 2 aromatic heterocycles. The Balaban J connectivity index is 1.80. The summed E-state index contributed by atoms with van der Waals surface area (Å²) in [7, 11) is 0. The van der Waals surface area contributed by atoms with E-state index >= 15 is 0 Å². The molecule has 25 heavy (non-hydrogen) atoms. The Kier molecular flexibility index (Phi) is 5.30. The number of hydrogen-bond acceptors (Lipinski definition) is 6. The van der Waals surface area contributed by atoms with Gasteiger partial charge in [-0.3, -0.25) is 14.2 Å². The molecule has 0 aliphatic rings. The van der Waals surface area contributed by atoms with E-state index in [1.807, 2.05) is 6.92 Å². The van der Waals surface area contributed by atoms with Crippen LogP contribution in [0.1, 0.15) is 6.92 Å². The predicted molar refractivity (Wildman–Crippen MR) is 98.1 cm³/mol. The van der Waals surface area contributed by atoms with Gasteiger partial charge in [0.05, 0.1) is 0 Å². The molecule has 0 bridgehead atoms. The highest BCUT2D eigenvalue weighted by molar-refractivity contribution is 7.99. The van der Waals surface area contributed by atoms with Crippen molar-refractivity contribution in [3.05, 3.63) is 52.2 Å². The molecule has 0 saturated heterocycles. The maximum atomic E-state index is 12.5. The maximum absolute atomic E-state index is 12.5. The van der Waals surface area contributed by atoms with Gasteiger partial charge >= 0.3 is 0 Å². The standard InChI is InChI=1S/C16H14ClN5O2S/c1-2-25-16-18-7-12-14(21-16)19-9-22(15(12)24)8-13(23)20-11-5-3-10(17)4-6-11/h3-7,9H,2,8H2,1H3,(H,20,23). The molecule has 0 saturated carbocycles. The highest BCUT2D eigenvalue weighted by Gasteiger charge is 2.10. The van der Waals surface area contributed by atoms with Gasteiger partial charge in [0.25, 0.3) is 5.56 Å². The molecule has 0 fully saturated rings. The molecular formula is C16H14ClN5O2S. The number of nitrogens with zero attached hydrogens (tertiary/aromatic N) is 4. The van der Waals surface area contributed by atoms with Crippen LogP contribution in [0.25, 0.3) is 11.0 Å². The zero-order valence-corrected chi connectivity index (χ0v) is 14.8. The average Bonchev–Trinajstić information content (AvgIpc) is 2.60. The normalized spacial score (nSPS) is 10.8. The summed E-state index contributed by atoms with van der Waals surface area (Å²) >= 11 is 7.27. The zero-order valence-electron chi connectivity index (χ0n) is 13.3. The van der Waals surface area contributed by atoms with E-state index in [0.29, 0.717) is 21.5 Å². The van der Waals surface area contributed by atoms with Crippen LogP contribution in [0, 0.1) is 0 Å². The number of amides is 1. The summed E-state index contributed by atoms with van der Waals surface area (Å²) in [5.41, 5.74) is 0.565. The Hall–Kier alpha value is -2.45. The number of carbonyl (C=O) groups excluding carboxylic acids is 1. The number of anilines is 1. The van der Waals surface area contributed by atoms with Crippen molar-refractivity contribution in [2.24, 2.45) is 0 Å². The van der Waals surface area contributed by atoms with Gasteiger partial charge in [-0.15, -0.1) is 0 Å². The first-order chi connectivity index (χ1) is 12.1. The van der Waals surface area contributed by atoms with Crippen molar-refractivity contribution in [2.45, 2.75) is 18.6 Å². The first-order valence-corrected chi connectivity index (χ1v) is 8.83. The summed E-state index contributed by atoms with van der Waals surface area (Å²) in [4.78, 5) is 37.1. The average molecular weight is 376 g/mol. The largest absolute Gasteiger partial charge is 0.325 e. The van der Waals surface area contributed by atoms with Crippen LogP contribution in [0.15, 0.2) is 46.7 Å². The highest BCUT2D eigenvalue weighted by atomic mass is 35.5. The van der Waals surface area contributed by atoms with Crippen LogP contribution in [0.4, 0.5) is 5.69 Å². The summed E-state index contributed by atoms with van der Waals surface area (Å²) in [5, 5.41) is 4.13. The van der Waals surface area contributed by atoms with Crippen LogP contribution in [-0.4, -0.2) is 31.2 Å². The lowest BCUT2D eigenvalue weighted by Crippen LogP contribution is -2.28. The molecule has 7 nitrogen and oxygen atoms in total. The van der Waals surface area contributed by atoms with Gasteiger partial charge in [0.1, 0.15) is 18.3 Å². The van der Waals surface area contributed by atoms with Crippen molar-refractivity contribution in [2.75, 3.05) is 11.1 Å². The third-order valence-corrected chi connectivity index (χ3v) is 4.27. The van der Waals surface area contributed by atoms with Crippen LogP contribution in [0.2, 0.25) is 5.02 Å². The SMILES string of the molecule is CCSc1ncc2c(=O)n(CC(=O)Nc3ccc(Cl)cc3)cnc2n1. The van der Waals surface area contributed by atoms with Gasteiger partial charge in [0, 0.05) is 16.9 Å². The molecule has 0 spiro atoms. The quantitative estimate of drug-likeness (QED) is 0.544. The fraction of sp³-hybridized carbons (Fsp3) is 0.188. The first-order valence-electron chi connectivity index (χ1n) is 7.47. The Morgan fingerprint density at radius 1 is 1.28 bits per heavy atom. The molecule has 1 amide bonds. The minimum absolute atomic E-state index is 0.157. The van der Waals surface area contributed by atoms with E-state index in [2.05, 4.69) is 20.3 Å². The molecule has 2 heterocycles. The Morgan fingerprint density at radius 3 is 2.76 bits per heavy atom. The molecule has 3 aromatic rings. The van der Waals surface area contributed by atoms with Gasteiger partial charge in [0.2, 0.25) is 5.91 Å². The lowest BCUT2D eigenvalue weighted by molar-refractivity contribution is -0.116. The summed E-state index contributed by atoms with van der Waals surface area (Å²) in [6, 6.07) is 6.71. The zero-order chi connectivity index (χ0) is 17.8. The van der Waals surface area contributed by atoms with Crippen LogP contribution in [0.3, 0.4) is 0 Å². The van der Waals surface area contributed by atoms with Crippen molar-refractivity contribution in [3.63, 3.8) is 0 Å². The van der Waals surface area contributed by atoms with Gasteiger partial charge in [-0.1, -0.05) is 30.3 Å². The molecule has 1 N–H and O–H groups in total. The van der Waals surface area contributed by atoms with Gasteiger partial charge in [-0.2, -0.15) is 0 Å². The number of halogens is 1. The lowest BCUT2D eigenvalue weighted by Gasteiger charge is -2.08. The Morgan fingerprint density at radius 2 is 2.04 bits per heavy atom. The molecule has 0 aliphatic carbocycles. The highest BCUT2D eigenvalue weighted by Crippen LogP contribution is 2.14. The van der Waals surface area contributed by atoms with Crippen molar-refractivity contribution in [1.82, 2.24) is 19.5 Å². The van der Waals surface area contributed by atoms with E-state index in [9.17, 15) is 9.59 Å². The van der Waals surface area contributed by atoms with Crippen LogP contribution in [-0.2, 0) is 11.3 Å². The fourth-order valence-corrected chi connectivity index (χ4v) is 2.80. The second-order valence-electron chi connectivity index (χ2n) is 5.06. The number of fused-ring (bicyclic) bond motifs is 1. The third-order valence-electron chi connectivity index (χ3n) is 3.27. The topological polar surface area (TPSA) is 89.8 Å². The summed E-state index contributed by atoms with van der Waals surface area (Å²) in [6.45, 7) is 1.83. The second kappa shape index (κ2) is 7.62. The number of rotatable bonds is 5. The predicted octanol–water partition coefficient (Wildman–Crippen LogP) is 2.59. The number of hydrogen-bond donors (Lipinski definition) is 1. The molecule has 0 radical (unpaired) electrons. The minimum atomic E-state index is -0.357. The molecule has 0 atom stereocenters. The number of aromatic nitrogens is 4. The maximum Gasteiger partial charge on any atom is 0.264 e. The van der Waals surface area contributed by atoms with Crippen LogP contribution in [0.5, 0.6) is 0 Å². The number of benzene rings is 1. The Labute approximate surface area is 152 Å². The van der Waals surface area contributed by atoms with Gasteiger partial charge in [-0.25, -0.2) is 15.0 Å². The molecule has 0 aliphatic heterocycles. The summed E-state index contributed by atoms with van der Waals surface area (Å²) in [6.07, 6.45) is 2.77. The molecule has 0 unspecified atom stereocenters. The van der Waals surface area contributed by atoms with E-state index in [1.165, 1.54) is 28.9 Å². The molecule has 1 aromatic carbocycles. The lowest BCUT2D eigenvalue weighted by atomic mass is 10.3. The van der Waals surface area contributed by atoms with Crippen molar-refractivity contribution in [3.8, 4) is 0 Å². The van der Waals surface area contributed by atoms with E-state index < -0.39 is 0 Å². The monoisotopic (exact) mass is 375 g/mol. The number of nitrogens with one attached hydrogen (secondary N) is 1. The van der Waals surface area contributed by atoms with E-state index in [-0.39, 0.29) is 23.4 Å². The van der Waals surface area contributed by atoms with Crippen LogP contribution < -0.4 is 10.9 Å². The number of carbonyl (C=O) groups is 1. The van der Waals surface area contributed by atoms with E-state index in [4.69, 9.17) is 11.6 Å². The van der Waals surface area contributed by atoms with Gasteiger partial charge < -0.3 is 5.32 Å². The third kappa shape index (κ3) is 4.15. The van der Waals surface area contributed by atoms with Crippen molar-refractivity contribution >= 4 is 46.0 Å². The van der Waals surface area contributed by atoms with E-state index in [1.54, 1.807) is 24.3 Å². The summed E-state index contributed by atoms with van der Waals surface area (Å²) < 4.78 is 1.23. The molecule has 128 valence electrons. The van der Waals surface area contributed by atoms with Crippen LogP contribution >= 0.6 is 23.4 Å². The van der Waals surface area contributed by atoms with Gasteiger partial charge in [0.15, 0.2) is 10.8 Å². The summed E-state index contributed by atoms with van der Waals surface area (Å²) in [5.74, 6) is 0.484. The fourth-order valence-electron chi connectivity index (χ4n) is 2.14. The van der Waals surface area contributed by atoms with Crippen molar-refractivity contribution < 1.29 is 4.79 Å². The molecular weight excluding hydrogens is 362 g/mol. The Bertz CT molecular complexity index is 974. The van der Waals surface area contributed by atoms with Crippen molar-refractivity contribution in [1.29, 1.82) is 0 Å². The van der Waals surface area contributed by atoms with E-state index in [0.717, 1.165) is 5.75 Å². The minimum Gasteiger partial charge on any atom is -0.325 e. The molecule has 3 rings (SSSR count). The number of thioether (sulfide) groups is 1.